The Morgan fingerprint density at radius 2 is 1.83 bits per heavy atom. The highest BCUT2D eigenvalue weighted by molar-refractivity contribution is 14.1. The van der Waals surface area contributed by atoms with Crippen molar-refractivity contribution in [2.24, 2.45) is 0 Å². The monoisotopic (exact) mass is 665 g/mol. The summed E-state index contributed by atoms with van der Waals surface area (Å²) in [5.41, 5.74) is 1.19. The van der Waals surface area contributed by atoms with Crippen molar-refractivity contribution in [3.63, 3.8) is 0 Å². The number of aliphatic carboxylic acids is 1. The number of amides is 1. The number of halogens is 4. The third-order valence-electron chi connectivity index (χ3n) is 4.40. The summed E-state index contributed by atoms with van der Waals surface area (Å²) in [6, 6.07) is 14.7. The van der Waals surface area contributed by atoms with Crippen LogP contribution in [-0.2, 0) is 17.8 Å². The van der Waals surface area contributed by atoms with Crippen molar-refractivity contribution in [3.05, 3.63) is 89.2 Å². The SMILES string of the molecule is O=C(O)[C@H](Cc1ccccc1)N(Cc1oc(Br)cc1Br)C(=O)c1ccc(Cl)cc1I. The Morgan fingerprint density at radius 1 is 1.13 bits per heavy atom. The molecule has 3 aromatic rings. The number of furan rings is 1. The van der Waals surface area contributed by atoms with Crippen LogP contribution in [0.2, 0.25) is 5.02 Å². The average Bonchev–Trinajstić information content (AvgIpc) is 3.01. The first-order chi connectivity index (χ1) is 14.3. The molecule has 0 bridgehead atoms. The fraction of sp³-hybridized carbons (Fsp3) is 0.143. The molecule has 3 rings (SSSR count). The summed E-state index contributed by atoms with van der Waals surface area (Å²) in [6.45, 7) is -0.0203. The van der Waals surface area contributed by atoms with Crippen LogP contribution in [0.15, 0.2) is 68.2 Å². The largest absolute Gasteiger partial charge is 0.480 e. The molecular formula is C21H15Br2ClINO4. The number of benzene rings is 2. The van der Waals surface area contributed by atoms with E-state index < -0.39 is 17.9 Å². The van der Waals surface area contributed by atoms with Gasteiger partial charge in [-0.15, -0.1) is 0 Å². The Kier molecular flexibility index (Phi) is 8.00. The van der Waals surface area contributed by atoms with E-state index in [1.165, 1.54) is 4.90 Å². The third kappa shape index (κ3) is 5.66. The molecule has 30 heavy (non-hydrogen) atoms. The highest BCUT2D eigenvalue weighted by atomic mass is 127. The van der Waals surface area contributed by atoms with E-state index in [0.29, 0.717) is 29.1 Å². The lowest BCUT2D eigenvalue weighted by Crippen LogP contribution is -2.46. The van der Waals surface area contributed by atoms with E-state index in [4.69, 9.17) is 16.0 Å². The van der Waals surface area contributed by atoms with Gasteiger partial charge in [-0.2, -0.15) is 0 Å². The number of rotatable bonds is 7. The second kappa shape index (κ2) is 10.3. The molecule has 9 heteroatoms. The topological polar surface area (TPSA) is 70.8 Å². The van der Waals surface area contributed by atoms with Gasteiger partial charge in [0.15, 0.2) is 4.67 Å². The van der Waals surface area contributed by atoms with E-state index in [1.807, 2.05) is 52.9 Å². The van der Waals surface area contributed by atoms with E-state index in [2.05, 4.69) is 31.9 Å². The first-order valence-corrected chi connectivity index (χ1v) is 11.8. The van der Waals surface area contributed by atoms with Gasteiger partial charge in [-0.25, -0.2) is 4.79 Å². The maximum Gasteiger partial charge on any atom is 0.326 e. The van der Waals surface area contributed by atoms with Gasteiger partial charge >= 0.3 is 5.97 Å². The predicted octanol–water partition coefficient (Wildman–Crippen LogP) is 6.40. The molecule has 0 aliphatic carbocycles. The molecule has 1 heterocycles. The molecule has 0 aliphatic heterocycles. The van der Waals surface area contributed by atoms with Crippen LogP contribution in [0.25, 0.3) is 0 Å². The summed E-state index contributed by atoms with van der Waals surface area (Å²) in [7, 11) is 0. The predicted molar refractivity (Wildman–Crippen MR) is 130 cm³/mol. The molecule has 0 spiro atoms. The Labute approximate surface area is 208 Å². The molecule has 1 aromatic heterocycles. The van der Waals surface area contributed by atoms with Gasteiger partial charge in [0.1, 0.15) is 11.8 Å². The zero-order valence-electron chi connectivity index (χ0n) is 15.3. The molecule has 0 saturated carbocycles. The minimum absolute atomic E-state index is 0.0203. The first kappa shape index (κ1) is 23.3. The lowest BCUT2D eigenvalue weighted by Gasteiger charge is -2.29. The lowest BCUT2D eigenvalue weighted by molar-refractivity contribution is -0.142. The number of hydrogen-bond donors (Lipinski definition) is 1. The zero-order valence-corrected chi connectivity index (χ0v) is 21.4. The van der Waals surface area contributed by atoms with Crippen LogP contribution in [-0.4, -0.2) is 27.9 Å². The number of carbonyl (C=O) groups excluding carboxylic acids is 1. The van der Waals surface area contributed by atoms with Crippen molar-refractivity contribution in [1.29, 1.82) is 0 Å². The molecule has 1 atom stereocenters. The van der Waals surface area contributed by atoms with Crippen molar-refractivity contribution in [3.8, 4) is 0 Å². The first-order valence-electron chi connectivity index (χ1n) is 8.72. The molecule has 1 amide bonds. The van der Waals surface area contributed by atoms with Gasteiger partial charge in [0.2, 0.25) is 0 Å². The van der Waals surface area contributed by atoms with Crippen molar-refractivity contribution in [1.82, 2.24) is 4.90 Å². The zero-order chi connectivity index (χ0) is 21.8. The smallest absolute Gasteiger partial charge is 0.326 e. The molecule has 2 aromatic carbocycles. The Hall–Kier alpha value is -1.36. The van der Waals surface area contributed by atoms with Crippen LogP contribution < -0.4 is 0 Å². The lowest BCUT2D eigenvalue weighted by atomic mass is 10.0. The van der Waals surface area contributed by atoms with Crippen LogP contribution in [0, 0.1) is 3.57 Å². The van der Waals surface area contributed by atoms with E-state index in [9.17, 15) is 14.7 Å². The normalized spacial score (nSPS) is 11.9. The summed E-state index contributed by atoms with van der Waals surface area (Å²) in [6.07, 6.45) is 0.158. The van der Waals surface area contributed by atoms with Crippen molar-refractivity contribution in [2.45, 2.75) is 19.0 Å². The van der Waals surface area contributed by atoms with E-state index in [0.717, 1.165) is 5.56 Å². The van der Waals surface area contributed by atoms with Crippen molar-refractivity contribution in [2.75, 3.05) is 0 Å². The van der Waals surface area contributed by atoms with E-state index in [-0.39, 0.29) is 13.0 Å². The highest BCUT2D eigenvalue weighted by Crippen LogP contribution is 2.29. The van der Waals surface area contributed by atoms with Gasteiger partial charge in [0.25, 0.3) is 5.91 Å². The molecule has 1 N–H and O–H groups in total. The van der Waals surface area contributed by atoms with Gasteiger partial charge < -0.3 is 14.4 Å². The number of carboxylic acid groups (broad SMARTS) is 1. The van der Waals surface area contributed by atoms with Gasteiger partial charge in [0.05, 0.1) is 16.6 Å². The summed E-state index contributed by atoms with van der Waals surface area (Å²) in [4.78, 5) is 27.0. The molecule has 0 saturated heterocycles. The molecular weight excluding hydrogens is 652 g/mol. The summed E-state index contributed by atoms with van der Waals surface area (Å²) >= 11 is 14.7. The molecule has 156 valence electrons. The number of hydrogen-bond acceptors (Lipinski definition) is 3. The van der Waals surface area contributed by atoms with Gasteiger partial charge in [-0.05, 0) is 78.2 Å². The molecule has 0 aliphatic rings. The minimum Gasteiger partial charge on any atom is -0.480 e. The third-order valence-corrected chi connectivity index (χ3v) is 6.59. The fourth-order valence-corrected chi connectivity index (χ4v) is 5.20. The molecule has 0 radical (unpaired) electrons. The van der Waals surface area contributed by atoms with Crippen molar-refractivity contribution < 1.29 is 19.1 Å². The van der Waals surface area contributed by atoms with Gasteiger partial charge in [-0.1, -0.05) is 41.9 Å². The van der Waals surface area contributed by atoms with Gasteiger partial charge in [0, 0.05) is 21.1 Å². The van der Waals surface area contributed by atoms with Crippen LogP contribution in [0.4, 0.5) is 0 Å². The Morgan fingerprint density at radius 3 is 2.40 bits per heavy atom. The Bertz CT molecular complexity index is 1070. The van der Waals surface area contributed by atoms with Crippen LogP contribution in [0.5, 0.6) is 0 Å². The minimum atomic E-state index is -1.10. The van der Waals surface area contributed by atoms with Crippen LogP contribution in [0.3, 0.4) is 0 Å². The standard InChI is InChI=1S/C21H15Br2ClINO4/c22-15-10-19(23)30-18(15)11-26(20(27)14-7-6-13(24)9-16(14)25)17(21(28)29)8-12-4-2-1-3-5-12/h1-7,9-10,17H,8,11H2,(H,28,29)/t17-/m0/s1. The fourth-order valence-electron chi connectivity index (χ4n) is 2.95. The second-order valence-electron chi connectivity index (χ2n) is 6.42. The maximum absolute atomic E-state index is 13.5. The van der Waals surface area contributed by atoms with Crippen LogP contribution in [0.1, 0.15) is 21.7 Å². The van der Waals surface area contributed by atoms with Crippen LogP contribution >= 0.6 is 66.1 Å². The van der Waals surface area contributed by atoms with Crippen molar-refractivity contribution >= 4 is 77.9 Å². The Balaban J connectivity index is 2.03. The van der Waals surface area contributed by atoms with Gasteiger partial charge in [-0.3, -0.25) is 4.79 Å². The summed E-state index contributed by atoms with van der Waals surface area (Å²) < 4.78 is 7.38. The average molecular weight is 668 g/mol. The summed E-state index contributed by atoms with van der Waals surface area (Å²) in [5, 5.41) is 10.5. The molecule has 0 fully saturated rings. The number of carboxylic acids is 1. The molecule has 0 unspecified atom stereocenters. The van der Waals surface area contributed by atoms with E-state index >= 15 is 0 Å². The summed E-state index contributed by atoms with van der Waals surface area (Å²) in [5.74, 6) is -1.07. The quantitative estimate of drug-likeness (QED) is 0.296. The number of carbonyl (C=O) groups is 2. The number of nitrogens with zero attached hydrogens (tertiary/aromatic N) is 1. The second-order valence-corrected chi connectivity index (χ2v) is 9.66. The molecule has 5 nitrogen and oxygen atoms in total. The maximum atomic E-state index is 13.5. The highest BCUT2D eigenvalue weighted by Gasteiger charge is 2.33. The van der Waals surface area contributed by atoms with E-state index in [1.54, 1.807) is 24.3 Å².